The Kier molecular flexibility index (Phi) is 4.28. The van der Waals surface area contributed by atoms with Crippen molar-refractivity contribution < 1.29 is 13.8 Å². The molecule has 0 aliphatic rings. The molecule has 0 bridgehead atoms. The molecular weight excluding hydrogens is 194 g/mol. The SMILES string of the molecule is CCOP(Cc1ccn(C)n1)OF. The highest BCUT2D eigenvalue weighted by atomic mass is 31.2. The minimum atomic E-state index is -1.46. The molecule has 1 aromatic rings. The van der Waals surface area contributed by atoms with Gasteiger partial charge in [0.15, 0.2) is 0 Å². The quantitative estimate of drug-likeness (QED) is 0.692. The third-order valence-electron chi connectivity index (χ3n) is 1.41. The van der Waals surface area contributed by atoms with Gasteiger partial charge in [0.25, 0.3) is 0 Å². The zero-order chi connectivity index (χ0) is 9.68. The first-order chi connectivity index (χ1) is 6.26. The summed E-state index contributed by atoms with van der Waals surface area (Å²) < 4.78 is 22.3. The molecule has 0 spiro atoms. The smallest absolute Gasteiger partial charge is 0.221 e. The van der Waals surface area contributed by atoms with E-state index in [4.69, 9.17) is 4.52 Å². The fourth-order valence-corrected chi connectivity index (χ4v) is 1.81. The first kappa shape index (κ1) is 10.6. The molecule has 74 valence electrons. The molecule has 0 fully saturated rings. The van der Waals surface area contributed by atoms with E-state index in [1.54, 1.807) is 17.8 Å². The molecule has 0 saturated carbocycles. The van der Waals surface area contributed by atoms with Crippen LogP contribution in [0.5, 0.6) is 0 Å². The molecule has 0 amide bonds. The third-order valence-corrected chi connectivity index (χ3v) is 2.69. The summed E-state index contributed by atoms with van der Waals surface area (Å²) in [5.41, 5.74) is 0.778. The molecule has 4 nitrogen and oxygen atoms in total. The maximum absolute atomic E-state index is 11.9. The van der Waals surface area contributed by atoms with Crippen LogP contribution < -0.4 is 0 Å². The maximum atomic E-state index is 11.9. The monoisotopic (exact) mass is 206 g/mol. The largest absolute Gasteiger partial charge is 0.332 e. The van der Waals surface area contributed by atoms with Crippen LogP contribution in [0.2, 0.25) is 0 Å². The van der Waals surface area contributed by atoms with Crippen LogP contribution in [-0.4, -0.2) is 16.4 Å². The van der Waals surface area contributed by atoms with Gasteiger partial charge in [0.1, 0.15) is 0 Å². The van der Waals surface area contributed by atoms with E-state index < -0.39 is 8.38 Å². The zero-order valence-corrected chi connectivity index (χ0v) is 8.50. The molecule has 0 saturated heterocycles. The van der Waals surface area contributed by atoms with Gasteiger partial charge in [-0.25, -0.2) is 0 Å². The summed E-state index contributed by atoms with van der Waals surface area (Å²) in [7, 11) is 0.344. The molecule has 1 aromatic heterocycles. The highest BCUT2D eigenvalue weighted by Gasteiger charge is 2.13. The number of rotatable bonds is 5. The molecule has 13 heavy (non-hydrogen) atoms. The van der Waals surface area contributed by atoms with Crippen molar-refractivity contribution in [2.24, 2.45) is 7.05 Å². The number of aryl methyl sites for hydroxylation is 1. The van der Waals surface area contributed by atoms with E-state index in [0.29, 0.717) is 12.8 Å². The van der Waals surface area contributed by atoms with Crippen molar-refractivity contribution in [1.29, 1.82) is 0 Å². The highest BCUT2D eigenvalue weighted by Crippen LogP contribution is 2.41. The number of nitrogens with zero attached hydrogens (tertiary/aromatic N) is 2. The number of aromatic nitrogens is 2. The van der Waals surface area contributed by atoms with E-state index in [2.05, 4.69) is 9.83 Å². The first-order valence-electron chi connectivity index (χ1n) is 3.94. The van der Waals surface area contributed by atoms with Gasteiger partial charge in [0.2, 0.25) is 8.38 Å². The van der Waals surface area contributed by atoms with Crippen LogP contribution in [0.1, 0.15) is 12.6 Å². The van der Waals surface area contributed by atoms with Crippen LogP contribution in [0.3, 0.4) is 0 Å². The summed E-state index contributed by atoms with van der Waals surface area (Å²) in [6, 6.07) is 1.81. The topological polar surface area (TPSA) is 36.3 Å². The van der Waals surface area contributed by atoms with Gasteiger partial charge in [0.05, 0.1) is 18.5 Å². The average Bonchev–Trinajstić information content (AvgIpc) is 2.50. The van der Waals surface area contributed by atoms with E-state index in [0.717, 1.165) is 5.69 Å². The summed E-state index contributed by atoms with van der Waals surface area (Å²) in [5, 5.41) is 4.09. The molecule has 1 rings (SSSR count). The third kappa shape index (κ3) is 3.38. The van der Waals surface area contributed by atoms with Gasteiger partial charge in [-0.1, -0.05) is 0 Å². The molecule has 1 atom stereocenters. The summed E-state index contributed by atoms with van der Waals surface area (Å²) >= 11 is 0. The van der Waals surface area contributed by atoms with E-state index in [-0.39, 0.29) is 0 Å². The predicted octanol–water partition coefficient (Wildman–Crippen LogP) is 2.17. The Bertz CT molecular complexity index is 256. The van der Waals surface area contributed by atoms with Crippen molar-refractivity contribution in [2.45, 2.75) is 13.1 Å². The molecule has 0 N–H and O–H groups in total. The summed E-state index contributed by atoms with van der Waals surface area (Å²) in [6.07, 6.45) is 2.19. The Hall–Kier alpha value is -0.510. The van der Waals surface area contributed by atoms with Crippen LogP contribution in [0.25, 0.3) is 0 Å². The standard InChI is InChI=1S/C7H12FN2O2P/c1-3-11-13(12-8)6-7-4-5-10(2)9-7/h4-5H,3,6H2,1-2H3. The van der Waals surface area contributed by atoms with Crippen LogP contribution in [-0.2, 0) is 22.5 Å². The van der Waals surface area contributed by atoms with Crippen molar-refractivity contribution in [2.75, 3.05) is 6.61 Å². The lowest BCUT2D eigenvalue weighted by atomic mass is 10.5. The van der Waals surface area contributed by atoms with Gasteiger partial charge >= 0.3 is 0 Å². The Morgan fingerprint density at radius 3 is 2.92 bits per heavy atom. The zero-order valence-electron chi connectivity index (χ0n) is 7.61. The Labute approximate surface area is 77.5 Å². The van der Waals surface area contributed by atoms with Gasteiger partial charge in [-0.2, -0.15) is 5.10 Å². The maximum Gasteiger partial charge on any atom is 0.221 e. The molecule has 1 heterocycles. The fourth-order valence-electron chi connectivity index (χ4n) is 0.914. The molecule has 0 aromatic carbocycles. The molecule has 6 heteroatoms. The lowest BCUT2D eigenvalue weighted by Gasteiger charge is -2.07. The van der Waals surface area contributed by atoms with Gasteiger partial charge in [-0.15, -0.1) is 4.73 Å². The molecule has 0 aliphatic heterocycles. The normalized spacial score (nSPS) is 13.2. The average molecular weight is 206 g/mol. The molecule has 0 aliphatic carbocycles. The first-order valence-corrected chi connectivity index (χ1v) is 5.30. The molecule has 0 radical (unpaired) electrons. The number of hydrogen-bond donors (Lipinski definition) is 0. The lowest BCUT2D eigenvalue weighted by molar-refractivity contribution is -0.00988. The van der Waals surface area contributed by atoms with Crippen molar-refractivity contribution in [3.8, 4) is 0 Å². The second-order valence-corrected chi connectivity index (χ2v) is 3.84. The van der Waals surface area contributed by atoms with Crippen molar-refractivity contribution in [3.05, 3.63) is 18.0 Å². The number of halogens is 1. The van der Waals surface area contributed by atoms with Gasteiger partial charge in [-0.3, -0.25) is 4.68 Å². The summed E-state index contributed by atoms with van der Waals surface area (Å²) in [4.78, 5) is 0. The Morgan fingerprint density at radius 2 is 2.46 bits per heavy atom. The second-order valence-electron chi connectivity index (χ2n) is 2.46. The minimum absolute atomic E-state index is 0.389. The van der Waals surface area contributed by atoms with E-state index in [9.17, 15) is 4.53 Å². The Balaban J connectivity index is 2.46. The number of hydrogen-bond acceptors (Lipinski definition) is 3. The summed E-state index contributed by atoms with van der Waals surface area (Å²) in [5.74, 6) is 0. The van der Waals surface area contributed by atoms with E-state index in [1.165, 1.54) is 0 Å². The van der Waals surface area contributed by atoms with E-state index >= 15 is 0 Å². The lowest BCUT2D eigenvalue weighted by Crippen LogP contribution is -1.93. The van der Waals surface area contributed by atoms with Gasteiger partial charge in [0, 0.05) is 13.2 Å². The van der Waals surface area contributed by atoms with E-state index in [1.807, 2.05) is 13.1 Å². The molecular formula is C7H12FN2O2P. The summed E-state index contributed by atoms with van der Waals surface area (Å²) in [6.45, 7) is 2.25. The minimum Gasteiger partial charge on any atom is -0.332 e. The van der Waals surface area contributed by atoms with Crippen molar-refractivity contribution in [3.63, 3.8) is 0 Å². The van der Waals surface area contributed by atoms with Crippen LogP contribution in [0.15, 0.2) is 12.3 Å². The molecule has 1 unspecified atom stereocenters. The highest BCUT2D eigenvalue weighted by molar-refractivity contribution is 7.46. The van der Waals surface area contributed by atoms with Gasteiger partial charge in [-0.05, 0) is 17.5 Å². The van der Waals surface area contributed by atoms with Crippen LogP contribution in [0.4, 0.5) is 4.53 Å². The van der Waals surface area contributed by atoms with Crippen molar-refractivity contribution >= 4 is 8.38 Å². The predicted molar refractivity (Wildman–Crippen MR) is 47.7 cm³/mol. The van der Waals surface area contributed by atoms with Gasteiger partial charge < -0.3 is 4.52 Å². The van der Waals surface area contributed by atoms with Crippen LogP contribution in [0, 0.1) is 0 Å². The fraction of sp³-hybridized carbons (Fsp3) is 0.571. The van der Waals surface area contributed by atoms with Crippen LogP contribution >= 0.6 is 8.38 Å². The second kappa shape index (κ2) is 5.27. The Morgan fingerprint density at radius 1 is 1.69 bits per heavy atom. The van der Waals surface area contributed by atoms with Crippen molar-refractivity contribution in [1.82, 2.24) is 9.78 Å².